The Morgan fingerprint density at radius 2 is 0.761 bits per heavy atom. The first-order valence-electron chi connectivity index (χ1n) is 29.6. The summed E-state index contributed by atoms with van der Waals surface area (Å²) in [6.45, 7) is 15.0. The van der Waals surface area contributed by atoms with Crippen molar-refractivity contribution in [2.24, 2.45) is 11.8 Å². The number of allylic oxidation sites excluding steroid dienone is 1. The quantitative estimate of drug-likeness (QED) is 0.0417. The minimum absolute atomic E-state index is 0.0880. The lowest BCUT2D eigenvalue weighted by molar-refractivity contribution is -0.125. The van der Waals surface area contributed by atoms with E-state index in [0.29, 0.717) is 30.4 Å². The molecular weight excluding hydrogens is 945 g/mol. The molecule has 71 heavy (non-hydrogen) atoms. The zero-order chi connectivity index (χ0) is 50.2. The number of thiophene rings is 4. The van der Waals surface area contributed by atoms with Crippen molar-refractivity contribution in [3.8, 4) is 19.5 Å². The highest BCUT2D eigenvalue weighted by atomic mass is 32.1. The molecule has 8 heteroatoms. The second-order valence-electron chi connectivity index (χ2n) is 21.6. The molecule has 2 amide bonds. The van der Waals surface area contributed by atoms with Crippen LogP contribution in [-0.2, 0) is 9.59 Å². The number of unbranched alkanes of at least 4 members (excludes halogenated alkanes) is 24. The van der Waals surface area contributed by atoms with Crippen molar-refractivity contribution in [1.29, 1.82) is 0 Å². The average Bonchev–Trinajstić information content (AvgIpc) is 4.24. The minimum atomic E-state index is 0.0880. The van der Waals surface area contributed by atoms with Crippen LogP contribution in [0.15, 0.2) is 53.2 Å². The fraction of sp³-hybridized carbons (Fsp3) is 0.683. The Bertz CT molecular complexity index is 2200. The van der Waals surface area contributed by atoms with Crippen LogP contribution in [0.2, 0.25) is 0 Å². The Kier molecular flexibility index (Phi) is 26.1. The van der Waals surface area contributed by atoms with Crippen molar-refractivity contribution >= 4 is 72.3 Å². The molecule has 4 aromatic rings. The molecule has 0 radical (unpaired) electrons. The van der Waals surface area contributed by atoms with Gasteiger partial charge in [-0.25, -0.2) is 0 Å². The third-order valence-electron chi connectivity index (χ3n) is 15.6. The van der Waals surface area contributed by atoms with Crippen LogP contribution < -0.4 is 0 Å². The third kappa shape index (κ3) is 17.3. The van der Waals surface area contributed by atoms with Gasteiger partial charge in [0, 0.05) is 52.6 Å². The van der Waals surface area contributed by atoms with Gasteiger partial charge in [-0.2, -0.15) is 0 Å². The number of aryl methyl sites for hydroxylation is 1. The van der Waals surface area contributed by atoms with Gasteiger partial charge in [-0.15, -0.1) is 45.3 Å². The molecule has 2 aliphatic rings. The summed E-state index contributed by atoms with van der Waals surface area (Å²) in [4.78, 5) is 42.7. The van der Waals surface area contributed by atoms with E-state index in [1.54, 1.807) is 11.3 Å². The third-order valence-corrected chi connectivity index (χ3v) is 20.4. The van der Waals surface area contributed by atoms with Crippen molar-refractivity contribution in [2.75, 3.05) is 13.1 Å². The van der Waals surface area contributed by atoms with Gasteiger partial charge < -0.3 is 9.80 Å². The number of rotatable bonds is 40. The van der Waals surface area contributed by atoms with E-state index >= 15 is 9.59 Å². The monoisotopic (exact) mass is 1040 g/mol. The second-order valence-corrected chi connectivity index (χ2v) is 26.2. The summed E-state index contributed by atoms with van der Waals surface area (Å²) in [7, 11) is 0. The van der Waals surface area contributed by atoms with E-state index in [4.69, 9.17) is 0 Å². The zero-order valence-corrected chi connectivity index (χ0v) is 49.0. The summed E-state index contributed by atoms with van der Waals surface area (Å²) in [5.41, 5.74) is 3.33. The van der Waals surface area contributed by atoms with Crippen molar-refractivity contribution in [3.05, 3.63) is 63.0 Å². The van der Waals surface area contributed by atoms with E-state index in [2.05, 4.69) is 87.7 Å². The minimum Gasteiger partial charge on any atom is -0.311 e. The molecular formula is C63H96N2O2S4. The molecule has 0 aromatic carbocycles. The van der Waals surface area contributed by atoms with Gasteiger partial charge in [0.15, 0.2) is 0 Å². The molecule has 394 valence electrons. The highest BCUT2D eigenvalue weighted by Gasteiger charge is 2.49. The van der Waals surface area contributed by atoms with Crippen molar-refractivity contribution in [1.82, 2.24) is 9.80 Å². The molecule has 0 bridgehead atoms. The molecule has 4 nitrogen and oxygen atoms in total. The molecule has 2 atom stereocenters. The number of fused-ring (bicyclic) bond motifs is 2. The van der Waals surface area contributed by atoms with Crippen LogP contribution >= 0.6 is 45.3 Å². The van der Waals surface area contributed by atoms with Crippen LogP contribution in [0.25, 0.3) is 34.6 Å². The summed E-state index contributed by atoms with van der Waals surface area (Å²) in [5, 5.41) is 0. The molecule has 0 saturated heterocycles. The van der Waals surface area contributed by atoms with Crippen LogP contribution in [0.1, 0.15) is 256 Å². The Hall–Kier alpha value is -2.52. The van der Waals surface area contributed by atoms with E-state index in [1.807, 2.05) is 34.0 Å². The van der Waals surface area contributed by atoms with Crippen LogP contribution in [0.3, 0.4) is 0 Å². The molecule has 0 fully saturated rings. The van der Waals surface area contributed by atoms with Crippen LogP contribution in [-0.4, -0.2) is 34.7 Å². The van der Waals surface area contributed by atoms with Gasteiger partial charge in [-0.3, -0.25) is 9.59 Å². The van der Waals surface area contributed by atoms with E-state index in [1.165, 1.54) is 226 Å². The number of amides is 2. The number of nitrogens with zero attached hydrogens (tertiary/aromatic N) is 2. The van der Waals surface area contributed by atoms with E-state index in [0.717, 1.165) is 41.2 Å². The summed E-state index contributed by atoms with van der Waals surface area (Å²) < 4.78 is 2.67. The van der Waals surface area contributed by atoms with Gasteiger partial charge in [0.05, 0.1) is 21.7 Å². The molecule has 0 saturated carbocycles. The predicted octanol–water partition coefficient (Wildman–Crippen LogP) is 21.6. The van der Waals surface area contributed by atoms with Gasteiger partial charge in [0.2, 0.25) is 0 Å². The number of carbonyl (C=O) groups excluding carboxylic acids is 2. The number of hydrogen-bond acceptors (Lipinski definition) is 6. The van der Waals surface area contributed by atoms with Gasteiger partial charge in [-0.1, -0.05) is 214 Å². The van der Waals surface area contributed by atoms with Crippen LogP contribution in [0.4, 0.5) is 0 Å². The van der Waals surface area contributed by atoms with Crippen LogP contribution in [0, 0.1) is 18.8 Å². The molecule has 2 aliphatic heterocycles. The lowest BCUT2D eigenvalue weighted by atomic mass is 9.93. The maximum absolute atomic E-state index is 15.4. The molecule has 0 spiro atoms. The van der Waals surface area contributed by atoms with Crippen molar-refractivity contribution < 1.29 is 9.59 Å². The maximum Gasteiger partial charge on any atom is 0.261 e. The first-order chi connectivity index (χ1) is 34.8. The normalized spacial score (nSPS) is 15.0. The SMILES string of the molecule is CCCCCCCCCCC(CCCCCCCC)CN1C(=O)C2=C(c3ccc(-c4cc5sc(-c6ccc(C)s6)cc5s4)s3)N(CC(CCCCCCCC)CCCCCCCCCC)C(=O)C2=C1CC. The van der Waals surface area contributed by atoms with Gasteiger partial charge >= 0.3 is 0 Å². The summed E-state index contributed by atoms with van der Waals surface area (Å²) in [6.07, 6.45) is 41.9. The summed E-state index contributed by atoms with van der Waals surface area (Å²) >= 11 is 7.42. The Balaban J connectivity index is 1.27. The first-order valence-corrected chi connectivity index (χ1v) is 32.9. The topological polar surface area (TPSA) is 40.6 Å². The van der Waals surface area contributed by atoms with E-state index in [-0.39, 0.29) is 11.8 Å². The number of hydrogen-bond donors (Lipinski definition) is 0. The maximum atomic E-state index is 15.4. The second kappa shape index (κ2) is 32.0. The standard InChI is InChI=1S/C63H96N2O2S4/c1-7-12-16-20-24-26-30-34-37-49(36-32-28-22-18-14-9-3)46-64-51(11-5)59-60(63(64)67)61(54-43-42-53(69-54)56-45-58-57(71-56)44-55(70-58)52-41-40-48(6)68-52)65(62(59)66)47-50(38-33-29-23-19-15-10-4)39-35-31-27-25-21-17-13-8-2/h40-45,49-50H,7-39,46-47H2,1-6H3. The average molecular weight is 1040 g/mol. The molecule has 4 aromatic heterocycles. The lowest BCUT2D eigenvalue weighted by Crippen LogP contribution is -2.35. The van der Waals surface area contributed by atoms with Gasteiger partial charge in [-0.05, 0) is 87.3 Å². The van der Waals surface area contributed by atoms with Gasteiger partial charge in [0.25, 0.3) is 11.8 Å². The fourth-order valence-corrected chi connectivity index (χ4v) is 15.9. The Morgan fingerprint density at radius 3 is 1.17 bits per heavy atom. The molecule has 0 aliphatic carbocycles. The highest BCUT2D eigenvalue weighted by molar-refractivity contribution is 7.33. The van der Waals surface area contributed by atoms with Crippen molar-refractivity contribution in [2.45, 2.75) is 253 Å². The molecule has 6 rings (SSSR count). The molecule has 2 unspecified atom stereocenters. The zero-order valence-electron chi connectivity index (χ0n) is 45.7. The van der Waals surface area contributed by atoms with Gasteiger partial charge in [0.1, 0.15) is 0 Å². The summed E-state index contributed by atoms with van der Waals surface area (Å²) in [6, 6.07) is 13.7. The predicted molar refractivity (Wildman–Crippen MR) is 316 cm³/mol. The highest BCUT2D eigenvalue weighted by Crippen LogP contribution is 2.50. The molecule has 6 heterocycles. The fourth-order valence-electron chi connectivity index (χ4n) is 11.4. The van der Waals surface area contributed by atoms with Crippen molar-refractivity contribution in [3.63, 3.8) is 0 Å². The van der Waals surface area contributed by atoms with E-state index < -0.39 is 0 Å². The molecule has 0 N–H and O–H groups in total. The van der Waals surface area contributed by atoms with Crippen LogP contribution in [0.5, 0.6) is 0 Å². The Labute approximate surface area is 449 Å². The number of carbonyl (C=O) groups is 2. The largest absolute Gasteiger partial charge is 0.311 e. The Morgan fingerprint density at radius 1 is 0.394 bits per heavy atom. The smallest absolute Gasteiger partial charge is 0.261 e. The van der Waals surface area contributed by atoms with E-state index in [9.17, 15) is 0 Å². The summed E-state index contributed by atoms with van der Waals surface area (Å²) in [5.74, 6) is 1.06. The lowest BCUT2D eigenvalue weighted by Gasteiger charge is -2.29. The first kappa shape index (κ1) is 57.8.